The van der Waals surface area contributed by atoms with Crippen LogP contribution >= 0.6 is 23.2 Å². The van der Waals surface area contributed by atoms with Crippen molar-refractivity contribution >= 4 is 35.0 Å². The molecule has 0 aliphatic rings. The molecule has 2 amide bonds. The van der Waals surface area contributed by atoms with Gasteiger partial charge in [0.2, 0.25) is 0 Å². The number of halogens is 2. The molecule has 0 spiro atoms. The number of rotatable bonds is 3. The molecule has 114 valence electrons. The van der Waals surface area contributed by atoms with Gasteiger partial charge in [-0.3, -0.25) is 20.4 Å². The number of benzene rings is 2. The van der Waals surface area contributed by atoms with Crippen LogP contribution in [0.2, 0.25) is 10.0 Å². The Labute approximate surface area is 137 Å². The second-order valence-electron chi connectivity index (χ2n) is 4.26. The molecule has 2 N–H and O–H groups in total. The molecule has 0 saturated heterocycles. The van der Waals surface area contributed by atoms with Crippen molar-refractivity contribution in [1.29, 1.82) is 0 Å². The average molecular weight is 339 g/mol. The lowest BCUT2D eigenvalue weighted by Crippen LogP contribution is -2.41. The molecule has 5 nitrogen and oxygen atoms in total. The first-order chi connectivity index (χ1) is 10.5. The van der Waals surface area contributed by atoms with Gasteiger partial charge in [0.15, 0.2) is 0 Å². The van der Waals surface area contributed by atoms with Crippen molar-refractivity contribution in [1.82, 2.24) is 10.9 Å². The van der Waals surface area contributed by atoms with Gasteiger partial charge in [-0.05, 0) is 42.5 Å². The Morgan fingerprint density at radius 1 is 0.909 bits per heavy atom. The zero-order valence-corrected chi connectivity index (χ0v) is 13.0. The molecule has 0 heterocycles. The Kier molecular flexibility index (Phi) is 5.25. The van der Waals surface area contributed by atoms with Crippen LogP contribution in [0.3, 0.4) is 0 Å². The summed E-state index contributed by atoms with van der Waals surface area (Å²) in [5.41, 5.74) is 5.28. The second kappa shape index (κ2) is 7.15. The van der Waals surface area contributed by atoms with Crippen LogP contribution in [0, 0.1) is 0 Å². The predicted octanol–water partition coefficient (Wildman–Crippen LogP) is 3.08. The molecule has 22 heavy (non-hydrogen) atoms. The molecule has 0 aliphatic carbocycles. The van der Waals surface area contributed by atoms with E-state index in [1.807, 2.05) is 0 Å². The smallest absolute Gasteiger partial charge is 0.269 e. The summed E-state index contributed by atoms with van der Waals surface area (Å²) in [7, 11) is 1.48. The number of amides is 2. The highest BCUT2D eigenvalue weighted by molar-refractivity contribution is 6.32. The van der Waals surface area contributed by atoms with Crippen molar-refractivity contribution < 1.29 is 14.3 Å². The average Bonchev–Trinajstić information content (AvgIpc) is 2.52. The third-order valence-electron chi connectivity index (χ3n) is 2.81. The van der Waals surface area contributed by atoms with Gasteiger partial charge in [-0.1, -0.05) is 23.2 Å². The quantitative estimate of drug-likeness (QED) is 0.845. The van der Waals surface area contributed by atoms with E-state index < -0.39 is 11.8 Å². The normalized spacial score (nSPS) is 9.95. The van der Waals surface area contributed by atoms with Gasteiger partial charge in [0, 0.05) is 16.1 Å². The van der Waals surface area contributed by atoms with E-state index >= 15 is 0 Å². The van der Waals surface area contributed by atoms with E-state index in [1.54, 1.807) is 30.3 Å². The Morgan fingerprint density at radius 3 is 2.00 bits per heavy atom. The van der Waals surface area contributed by atoms with Crippen molar-refractivity contribution in [3.8, 4) is 5.75 Å². The van der Waals surface area contributed by atoms with Crippen LogP contribution in [0.1, 0.15) is 20.7 Å². The number of methoxy groups -OCH3 is 1. The molecule has 2 aromatic carbocycles. The molecular weight excluding hydrogens is 327 g/mol. The van der Waals surface area contributed by atoms with Crippen molar-refractivity contribution in [2.75, 3.05) is 7.11 Å². The molecule has 0 atom stereocenters. The minimum absolute atomic E-state index is 0.294. The first-order valence-electron chi connectivity index (χ1n) is 6.21. The van der Waals surface area contributed by atoms with Crippen LogP contribution in [0.15, 0.2) is 42.5 Å². The fourth-order valence-corrected chi connectivity index (χ4v) is 2.05. The number of ether oxygens (including phenoxy) is 1. The lowest BCUT2D eigenvalue weighted by Gasteiger charge is -2.09. The first-order valence-corrected chi connectivity index (χ1v) is 6.96. The SMILES string of the molecule is COc1ccc(C(=O)NNC(=O)c2ccc(Cl)cc2)cc1Cl. The summed E-state index contributed by atoms with van der Waals surface area (Å²) in [4.78, 5) is 23.8. The number of hydrogen-bond acceptors (Lipinski definition) is 3. The molecule has 0 radical (unpaired) electrons. The fraction of sp³-hybridized carbons (Fsp3) is 0.0667. The Morgan fingerprint density at radius 2 is 1.45 bits per heavy atom. The summed E-state index contributed by atoms with van der Waals surface area (Å²) in [6.45, 7) is 0. The lowest BCUT2D eigenvalue weighted by atomic mass is 10.2. The minimum atomic E-state index is -0.494. The summed E-state index contributed by atoms with van der Waals surface area (Å²) in [5, 5.41) is 0.827. The van der Waals surface area contributed by atoms with Gasteiger partial charge in [-0.25, -0.2) is 0 Å². The van der Waals surface area contributed by atoms with Gasteiger partial charge in [0.05, 0.1) is 12.1 Å². The zero-order chi connectivity index (χ0) is 16.1. The minimum Gasteiger partial charge on any atom is -0.495 e. The molecule has 7 heteroatoms. The largest absolute Gasteiger partial charge is 0.495 e. The van der Waals surface area contributed by atoms with Crippen molar-refractivity contribution in [2.45, 2.75) is 0 Å². The Hall–Kier alpha value is -2.24. The standard InChI is InChI=1S/C15H12Cl2N2O3/c1-22-13-7-4-10(8-12(13)17)15(21)19-18-14(20)9-2-5-11(16)6-3-9/h2-8H,1H3,(H,18,20)(H,19,21). The third-order valence-corrected chi connectivity index (χ3v) is 3.36. The van der Waals surface area contributed by atoms with Crippen molar-refractivity contribution in [2.24, 2.45) is 0 Å². The van der Waals surface area contributed by atoms with Crippen molar-refractivity contribution in [3.05, 3.63) is 63.6 Å². The maximum absolute atomic E-state index is 11.9. The molecular formula is C15H12Cl2N2O3. The second-order valence-corrected chi connectivity index (χ2v) is 5.11. The first kappa shape index (κ1) is 16.1. The Bertz CT molecular complexity index is 702. The van der Waals surface area contributed by atoms with E-state index in [-0.39, 0.29) is 0 Å². The van der Waals surface area contributed by atoms with Crippen LogP contribution in [0.25, 0.3) is 0 Å². The summed E-state index contributed by atoms with van der Waals surface area (Å²) < 4.78 is 5.00. The molecule has 2 aromatic rings. The fourth-order valence-electron chi connectivity index (χ4n) is 1.67. The van der Waals surface area contributed by atoms with Crippen LogP contribution in [0.5, 0.6) is 5.75 Å². The summed E-state index contributed by atoms with van der Waals surface area (Å²) in [6.07, 6.45) is 0. The van der Waals surface area contributed by atoms with Crippen LogP contribution in [-0.4, -0.2) is 18.9 Å². The highest BCUT2D eigenvalue weighted by atomic mass is 35.5. The maximum Gasteiger partial charge on any atom is 0.269 e. The van der Waals surface area contributed by atoms with E-state index in [2.05, 4.69) is 10.9 Å². The van der Waals surface area contributed by atoms with Crippen LogP contribution in [0.4, 0.5) is 0 Å². The highest BCUT2D eigenvalue weighted by Gasteiger charge is 2.11. The monoisotopic (exact) mass is 338 g/mol. The molecule has 0 fully saturated rings. The van der Waals surface area contributed by atoms with Crippen LogP contribution in [-0.2, 0) is 0 Å². The van der Waals surface area contributed by atoms with E-state index in [1.165, 1.54) is 19.2 Å². The highest BCUT2D eigenvalue weighted by Crippen LogP contribution is 2.24. The topological polar surface area (TPSA) is 67.4 Å². The molecule has 0 aromatic heterocycles. The molecule has 0 bridgehead atoms. The molecule has 0 unspecified atom stereocenters. The van der Waals surface area contributed by atoms with E-state index in [0.717, 1.165) is 0 Å². The maximum atomic E-state index is 11.9. The lowest BCUT2D eigenvalue weighted by molar-refractivity contribution is 0.0846. The van der Waals surface area contributed by atoms with Crippen LogP contribution < -0.4 is 15.6 Å². The van der Waals surface area contributed by atoms with Gasteiger partial charge in [-0.2, -0.15) is 0 Å². The van der Waals surface area contributed by atoms with E-state index in [9.17, 15) is 9.59 Å². The van der Waals surface area contributed by atoms with Gasteiger partial charge in [0.1, 0.15) is 5.75 Å². The van der Waals surface area contributed by atoms with Gasteiger partial charge in [-0.15, -0.1) is 0 Å². The number of hydrazine groups is 1. The summed E-state index contributed by atoms with van der Waals surface area (Å²) >= 11 is 11.7. The van der Waals surface area contributed by atoms with Gasteiger partial charge < -0.3 is 4.74 Å². The summed E-state index contributed by atoms with van der Waals surface area (Å²) in [6, 6.07) is 10.8. The summed E-state index contributed by atoms with van der Waals surface area (Å²) in [5.74, 6) is -0.486. The number of nitrogens with one attached hydrogen (secondary N) is 2. The molecule has 0 saturated carbocycles. The zero-order valence-electron chi connectivity index (χ0n) is 11.5. The van der Waals surface area contributed by atoms with Crippen molar-refractivity contribution in [3.63, 3.8) is 0 Å². The predicted molar refractivity (Wildman–Crippen MR) is 84.4 cm³/mol. The number of carbonyl (C=O) groups excluding carboxylic acids is 2. The molecule has 2 rings (SSSR count). The van der Waals surface area contributed by atoms with Gasteiger partial charge >= 0.3 is 0 Å². The van der Waals surface area contributed by atoms with E-state index in [0.29, 0.717) is 26.9 Å². The van der Waals surface area contributed by atoms with E-state index in [4.69, 9.17) is 27.9 Å². The third kappa shape index (κ3) is 3.90. The molecule has 0 aliphatic heterocycles. The number of carbonyl (C=O) groups is 2. The number of hydrogen-bond donors (Lipinski definition) is 2. The van der Waals surface area contributed by atoms with Gasteiger partial charge in [0.25, 0.3) is 11.8 Å². The Balaban J connectivity index is 1.99.